The first-order chi connectivity index (χ1) is 8.87. The molecule has 0 aromatic heterocycles. The molecule has 0 aromatic carbocycles. The van der Waals surface area contributed by atoms with Gasteiger partial charge in [-0.3, -0.25) is 4.21 Å². The molecule has 1 aliphatic carbocycles. The van der Waals surface area contributed by atoms with Crippen LogP contribution < -0.4 is 5.32 Å². The number of rotatable bonds is 6. The lowest BCUT2D eigenvalue weighted by Crippen LogP contribution is -2.48. The van der Waals surface area contributed by atoms with E-state index in [0.717, 1.165) is 18.8 Å². The van der Waals surface area contributed by atoms with Crippen LogP contribution >= 0.6 is 0 Å². The van der Waals surface area contributed by atoms with E-state index in [4.69, 9.17) is 0 Å². The fraction of sp³-hybridized carbons (Fsp3) is 1.00. The molecule has 1 rings (SSSR count). The van der Waals surface area contributed by atoms with E-state index >= 15 is 0 Å². The Morgan fingerprint density at radius 3 is 2.42 bits per heavy atom. The fourth-order valence-electron chi connectivity index (χ4n) is 3.18. The molecule has 0 bridgehead atoms. The van der Waals surface area contributed by atoms with Gasteiger partial charge in [0.15, 0.2) is 0 Å². The third kappa shape index (κ3) is 4.04. The van der Waals surface area contributed by atoms with E-state index in [1.165, 1.54) is 19.3 Å². The maximum Gasteiger partial charge on any atom is 0.0506 e. The van der Waals surface area contributed by atoms with Crippen molar-refractivity contribution in [2.45, 2.75) is 83.3 Å². The monoisotopic (exact) mass is 287 g/mol. The van der Waals surface area contributed by atoms with E-state index in [0.29, 0.717) is 22.0 Å². The third-order valence-electron chi connectivity index (χ3n) is 5.45. The lowest BCUT2D eigenvalue weighted by molar-refractivity contribution is 0.141. The molecule has 0 amide bonds. The smallest absolute Gasteiger partial charge is 0.0506 e. The Hall–Kier alpha value is 0.110. The molecule has 2 nitrogen and oxygen atoms in total. The highest BCUT2D eigenvalue weighted by Crippen LogP contribution is 2.42. The minimum absolute atomic E-state index is 0.323. The standard InChI is InChI=1S/C16H33NOS/c1-7-12(3)19(18)15-11-13(16(4,5)8-2)9-10-14(15)17-6/h12-15,17H,7-11H2,1-6H3. The summed E-state index contributed by atoms with van der Waals surface area (Å²) in [4.78, 5) is 0. The number of nitrogens with one attached hydrogen (secondary N) is 1. The van der Waals surface area contributed by atoms with Crippen LogP contribution in [0.15, 0.2) is 0 Å². The Labute approximate surface area is 122 Å². The van der Waals surface area contributed by atoms with Crippen LogP contribution in [0, 0.1) is 11.3 Å². The van der Waals surface area contributed by atoms with Crippen LogP contribution in [0.1, 0.15) is 66.7 Å². The zero-order chi connectivity index (χ0) is 14.6. The molecule has 0 heterocycles. The van der Waals surface area contributed by atoms with Gasteiger partial charge in [-0.25, -0.2) is 0 Å². The molecule has 0 spiro atoms. The number of hydrogen-bond acceptors (Lipinski definition) is 2. The van der Waals surface area contributed by atoms with E-state index in [2.05, 4.69) is 39.9 Å². The van der Waals surface area contributed by atoms with Crippen LogP contribution in [0.2, 0.25) is 0 Å². The highest BCUT2D eigenvalue weighted by molar-refractivity contribution is 7.86. The first-order valence-electron chi connectivity index (χ1n) is 7.94. The zero-order valence-electron chi connectivity index (χ0n) is 13.7. The minimum atomic E-state index is -0.701. The Bertz CT molecular complexity index is 303. The zero-order valence-corrected chi connectivity index (χ0v) is 14.5. The van der Waals surface area contributed by atoms with Gasteiger partial charge < -0.3 is 5.32 Å². The minimum Gasteiger partial charge on any atom is -0.316 e. The molecular formula is C16H33NOS. The van der Waals surface area contributed by atoms with E-state index in [-0.39, 0.29) is 0 Å². The van der Waals surface area contributed by atoms with Crippen LogP contribution in [0.3, 0.4) is 0 Å². The van der Waals surface area contributed by atoms with Crippen molar-refractivity contribution in [3.05, 3.63) is 0 Å². The molecule has 0 radical (unpaired) electrons. The molecule has 0 saturated heterocycles. The molecule has 1 N–H and O–H groups in total. The maximum absolute atomic E-state index is 12.7. The topological polar surface area (TPSA) is 29.1 Å². The third-order valence-corrected chi connectivity index (χ3v) is 7.69. The van der Waals surface area contributed by atoms with Gasteiger partial charge in [-0.15, -0.1) is 0 Å². The Morgan fingerprint density at radius 2 is 1.95 bits per heavy atom. The molecule has 1 aliphatic rings. The van der Waals surface area contributed by atoms with Gasteiger partial charge in [-0.05, 0) is 44.1 Å². The second-order valence-electron chi connectivity index (χ2n) is 6.83. The molecular weight excluding hydrogens is 254 g/mol. The van der Waals surface area contributed by atoms with Crippen LogP contribution in [0.25, 0.3) is 0 Å². The Morgan fingerprint density at radius 1 is 1.32 bits per heavy atom. The van der Waals surface area contributed by atoms with Crippen molar-refractivity contribution in [2.75, 3.05) is 7.05 Å². The van der Waals surface area contributed by atoms with Crippen molar-refractivity contribution in [3.63, 3.8) is 0 Å². The summed E-state index contributed by atoms with van der Waals surface area (Å²) in [5.74, 6) is 0.722. The van der Waals surface area contributed by atoms with Gasteiger partial charge in [-0.2, -0.15) is 0 Å². The summed E-state index contributed by atoms with van der Waals surface area (Å²) in [6.07, 6.45) is 5.81. The second kappa shape index (κ2) is 7.21. The maximum atomic E-state index is 12.7. The Balaban J connectivity index is 2.82. The van der Waals surface area contributed by atoms with Crippen molar-refractivity contribution in [3.8, 4) is 0 Å². The van der Waals surface area contributed by atoms with Gasteiger partial charge >= 0.3 is 0 Å². The quantitative estimate of drug-likeness (QED) is 0.806. The average molecular weight is 288 g/mol. The van der Waals surface area contributed by atoms with E-state index in [1.807, 2.05) is 7.05 Å². The van der Waals surface area contributed by atoms with Gasteiger partial charge in [0.1, 0.15) is 0 Å². The van der Waals surface area contributed by atoms with Crippen LogP contribution in [0.4, 0.5) is 0 Å². The van der Waals surface area contributed by atoms with Crippen molar-refractivity contribution in [1.29, 1.82) is 0 Å². The van der Waals surface area contributed by atoms with Crippen molar-refractivity contribution in [2.24, 2.45) is 11.3 Å². The van der Waals surface area contributed by atoms with E-state index in [1.54, 1.807) is 0 Å². The van der Waals surface area contributed by atoms with Gasteiger partial charge in [0, 0.05) is 22.1 Å². The SMILES string of the molecule is CCC(C)S(=O)C1CC(C(C)(C)CC)CCC1NC. The van der Waals surface area contributed by atoms with E-state index < -0.39 is 10.8 Å². The molecule has 19 heavy (non-hydrogen) atoms. The molecule has 1 saturated carbocycles. The summed E-state index contributed by atoms with van der Waals surface area (Å²) >= 11 is 0. The summed E-state index contributed by atoms with van der Waals surface area (Å²) in [6, 6.07) is 0.443. The molecule has 1 fully saturated rings. The lowest BCUT2D eigenvalue weighted by Gasteiger charge is -2.43. The van der Waals surface area contributed by atoms with Crippen LogP contribution in [-0.2, 0) is 10.8 Å². The largest absolute Gasteiger partial charge is 0.316 e. The summed E-state index contributed by atoms with van der Waals surface area (Å²) in [5, 5.41) is 4.07. The first kappa shape index (κ1) is 17.2. The average Bonchev–Trinajstić information content (AvgIpc) is 2.44. The fourth-order valence-corrected chi connectivity index (χ4v) is 5.12. The van der Waals surface area contributed by atoms with Gasteiger partial charge in [0.25, 0.3) is 0 Å². The Kier molecular flexibility index (Phi) is 6.52. The van der Waals surface area contributed by atoms with Crippen molar-refractivity contribution < 1.29 is 4.21 Å². The van der Waals surface area contributed by atoms with Gasteiger partial charge in [-0.1, -0.05) is 41.0 Å². The normalized spacial score (nSPS) is 32.0. The molecule has 5 unspecified atom stereocenters. The van der Waals surface area contributed by atoms with Gasteiger partial charge in [0.05, 0.1) is 5.25 Å². The van der Waals surface area contributed by atoms with E-state index in [9.17, 15) is 4.21 Å². The molecule has 0 aromatic rings. The predicted molar refractivity (Wildman–Crippen MR) is 85.9 cm³/mol. The number of hydrogen-bond donors (Lipinski definition) is 1. The lowest BCUT2D eigenvalue weighted by atomic mass is 9.68. The predicted octanol–water partition coefficient (Wildman–Crippen LogP) is 3.73. The molecule has 0 aliphatic heterocycles. The summed E-state index contributed by atoms with van der Waals surface area (Å²) < 4.78 is 12.7. The first-order valence-corrected chi connectivity index (χ1v) is 9.21. The van der Waals surface area contributed by atoms with Crippen molar-refractivity contribution >= 4 is 10.8 Å². The second-order valence-corrected chi connectivity index (χ2v) is 8.90. The van der Waals surface area contributed by atoms with Crippen LogP contribution in [-0.4, -0.2) is 27.8 Å². The molecule has 3 heteroatoms. The highest BCUT2D eigenvalue weighted by atomic mass is 32.2. The van der Waals surface area contributed by atoms with Crippen molar-refractivity contribution in [1.82, 2.24) is 5.32 Å². The summed E-state index contributed by atoms with van der Waals surface area (Å²) in [6.45, 7) is 11.3. The summed E-state index contributed by atoms with van der Waals surface area (Å²) in [7, 11) is 1.32. The molecule has 114 valence electrons. The highest BCUT2D eigenvalue weighted by Gasteiger charge is 2.39. The van der Waals surface area contributed by atoms with Crippen LogP contribution in [0.5, 0.6) is 0 Å². The molecule has 5 atom stereocenters. The summed E-state index contributed by atoms with van der Waals surface area (Å²) in [5.41, 5.74) is 0.386. The van der Waals surface area contributed by atoms with Gasteiger partial charge in [0.2, 0.25) is 0 Å².